The van der Waals surface area contributed by atoms with E-state index < -0.39 is 6.10 Å². The van der Waals surface area contributed by atoms with Crippen LogP contribution in [0.1, 0.15) is 245 Å². The number of hydrogen-bond donors (Lipinski definition) is 0. The van der Waals surface area contributed by atoms with Crippen molar-refractivity contribution < 1.29 is 28.6 Å². The van der Waals surface area contributed by atoms with Crippen LogP contribution in [0.3, 0.4) is 0 Å². The highest BCUT2D eigenvalue weighted by Crippen LogP contribution is 2.14. The molecule has 0 aromatic carbocycles. The van der Waals surface area contributed by atoms with Gasteiger partial charge in [0, 0.05) is 19.3 Å². The van der Waals surface area contributed by atoms with Gasteiger partial charge in [0.15, 0.2) is 6.10 Å². The predicted octanol–water partition coefficient (Wildman–Crippen LogP) is 19.3. The average Bonchev–Trinajstić information content (AvgIpc) is 3.36. The summed E-state index contributed by atoms with van der Waals surface area (Å²) in [4.78, 5) is 38.0. The lowest BCUT2D eigenvalue weighted by molar-refractivity contribution is -0.167. The van der Waals surface area contributed by atoms with E-state index in [1.165, 1.54) is 51.4 Å². The Morgan fingerprint density at radius 3 is 0.929 bits per heavy atom. The summed E-state index contributed by atoms with van der Waals surface area (Å²) in [7, 11) is 0. The smallest absolute Gasteiger partial charge is 0.306 e. The molecule has 0 aliphatic rings. The molecule has 0 aliphatic heterocycles. The molecule has 0 aromatic rings. The molecule has 0 aromatic heterocycles. The Hall–Kier alpha value is -4.19. The quantitative estimate of drug-likeness (QED) is 0.0262. The molecule has 0 bridgehead atoms. The van der Waals surface area contributed by atoms with Gasteiger partial charge in [0.2, 0.25) is 0 Å². The number of ether oxygens (including phenoxy) is 3. The molecule has 0 aliphatic carbocycles. The minimum Gasteiger partial charge on any atom is -0.462 e. The van der Waals surface area contributed by atoms with E-state index in [2.05, 4.69) is 142 Å². The van der Waals surface area contributed by atoms with Crippen molar-refractivity contribution >= 4 is 17.9 Å². The van der Waals surface area contributed by atoms with Crippen LogP contribution >= 0.6 is 0 Å². The van der Waals surface area contributed by atoms with Crippen LogP contribution < -0.4 is 0 Å². The van der Waals surface area contributed by atoms with Crippen LogP contribution in [0.25, 0.3) is 0 Å². The maximum atomic E-state index is 12.8. The minimum atomic E-state index is -0.796. The second-order valence-electron chi connectivity index (χ2n) is 18.5. The number of unbranched alkanes of at least 4 members (excludes halogenated alkanes) is 19. The highest BCUT2D eigenvalue weighted by molar-refractivity contribution is 5.71. The Morgan fingerprint density at radius 1 is 0.300 bits per heavy atom. The number of carbonyl (C=O) groups is 3. The van der Waals surface area contributed by atoms with Crippen LogP contribution in [-0.2, 0) is 28.6 Å². The molecule has 0 amide bonds. The van der Waals surface area contributed by atoms with Crippen molar-refractivity contribution in [1.82, 2.24) is 0 Å². The van der Waals surface area contributed by atoms with Crippen LogP contribution in [0.5, 0.6) is 0 Å². The second-order valence-corrected chi connectivity index (χ2v) is 18.5. The van der Waals surface area contributed by atoms with Gasteiger partial charge in [-0.15, -0.1) is 0 Å². The van der Waals surface area contributed by atoms with Crippen LogP contribution in [-0.4, -0.2) is 37.2 Å². The lowest BCUT2D eigenvalue weighted by Crippen LogP contribution is -2.30. The number of carbonyl (C=O) groups excluding carboxylic acids is 3. The van der Waals surface area contributed by atoms with Crippen molar-refractivity contribution in [2.45, 2.75) is 252 Å². The fourth-order valence-corrected chi connectivity index (χ4v) is 7.44. The molecular weight excluding hydrogens is 865 g/mol. The number of allylic oxidation sites excluding steroid dienone is 20. The van der Waals surface area contributed by atoms with E-state index in [0.29, 0.717) is 19.3 Å². The number of rotatable bonds is 50. The third kappa shape index (κ3) is 54.7. The van der Waals surface area contributed by atoms with Gasteiger partial charge in [0.05, 0.1) is 0 Å². The first-order chi connectivity index (χ1) is 34.5. The van der Waals surface area contributed by atoms with Gasteiger partial charge < -0.3 is 14.2 Å². The van der Waals surface area contributed by atoms with Gasteiger partial charge in [0.25, 0.3) is 0 Å². The molecule has 0 radical (unpaired) electrons. The molecule has 0 fully saturated rings. The van der Waals surface area contributed by atoms with Gasteiger partial charge in [-0.1, -0.05) is 239 Å². The fraction of sp³-hybridized carbons (Fsp3) is 0.641. The molecule has 6 nitrogen and oxygen atoms in total. The molecule has 0 spiro atoms. The monoisotopic (exact) mass is 969 g/mol. The SMILES string of the molecule is CC/C=C\C/C=C\C/C=C\C/C=C\C/C=C\C/C=C\C/C=C\C/C=C\CCCCCCC(=O)OCC(COC(=O)CCCCCCCCCCCC)OC(=O)CCCCCCC/C=C\C/C=C\CCC. The Morgan fingerprint density at radius 2 is 0.586 bits per heavy atom. The van der Waals surface area contributed by atoms with Gasteiger partial charge in [0.1, 0.15) is 13.2 Å². The van der Waals surface area contributed by atoms with Crippen molar-refractivity contribution in [1.29, 1.82) is 0 Å². The highest BCUT2D eigenvalue weighted by atomic mass is 16.6. The molecule has 0 rings (SSSR count). The number of esters is 3. The standard InChI is InChI=1S/C64H104O6/c1-4-7-10-13-16-19-22-24-25-26-27-28-29-30-31-32-33-34-35-36-37-38-39-41-42-45-48-51-54-57-63(66)69-60-61(59-68-62(65)56-53-50-47-44-21-18-15-12-9-6-3)70-64(67)58-55-52-49-46-43-40-23-20-17-14-11-8-5-2/h7,10-11,14,16,19-20,23-25,27-28,30-31,33-34,36-37,39,41,61H,4-6,8-9,12-13,15,17-18,21-22,26,29,32,35,38,40,42-60H2,1-3H3/b10-7-,14-11-,19-16-,23-20-,25-24-,28-27-,31-30-,34-33-,37-36-,41-39-. The second kappa shape index (κ2) is 57.4. The Kier molecular flexibility index (Phi) is 54.0. The molecule has 0 saturated heterocycles. The van der Waals surface area contributed by atoms with Gasteiger partial charge in [-0.25, -0.2) is 0 Å². The van der Waals surface area contributed by atoms with E-state index >= 15 is 0 Å². The van der Waals surface area contributed by atoms with E-state index in [-0.39, 0.29) is 31.1 Å². The van der Waals surface area contributed by atoms with Crippen molar-refractivity contribution in [3.63, 3.8) is 0 Å². The zero-order valence-electron chi connectivity index (χ0n) is 45.2. The summed E-state index contributed by atoms with van der Waals surface area (Å²) < 4.78 is 16.8. The first-order valence-corrected chi connectivity index (χ1v) is 28.5. The third-order valence-corrected chi connectivity index (χ3v) is 11.7. The first kappa shape index (κ1) is 65.8. The zero-order valence-corrected chi connectivity index (χ0v) is 45.2. The summed E-state index contributed by atoms with van der Waals surface area (Å²) in [6.07, 6.45) is 79.1. The summed E-state index contributed by atoms with van der Waals surface area (Å²) in [5.41, 5.74) is 0. The predicted molar refractivity (Wildman–Crippen MR) is 302 cm³/mol. The van der Waals surface area contributed by atoms with Crippen molar-refractivity contribution in [3.8, 4) is 0 Å². The van der Waals surface area contributed by atoms with Crippen molar-refractivity contribution in [2.24, 2.45) is 0 Å². The molecule has 0 saturated carbocycles. The number of hydrogen-bond acceptors (Lipinski definition) is 6. The fourth-order valence-electron chi connectivity index (χ4n) is 7.44. The van der Waals surface area contributed by atoms with Gasteiger partial charge in [-0.05, 0) is 109 Å². The summed E-state index contributed by atoms with van der Waals surface area (Å²) in [5, 5.41) is 0. The average molecular weight is 970 g/mol. The normalized spacial score (nSPS) is 13.0. The molecule has 1 unspecified atom stereocenters. The summed E-state index contributed by atoms with van der Waals surface area (Å²) in [5.74, 6) is -0.939. The largest absolute Gasteiger partial charge is 0.462 e. The summed E-state index contributed by atoms with van der Waals surface area (Å²) >= 11 is 0. The van der Waals surface area contributed by atoms with Gasteiger partial charge >= 0.3 is 17.9 Å². The highest BCUT2D eigenvalue weighted by Gasteiger charge is 2.19. The Bertz CT molecular complexity index is 1490. The molecule has 0 N–H and O–H groups in total. The van der Waals surface area contributed by atoms with Crippen molar-refractivity contribution in [3.05, 3.63) is 122 Å². The van der Waals surface area contributed by atoms with E-state index in [1.807, 2.05) is 0 Å². The van der Waals surface area contributed by atoms with E-state index in [9.17, 15) is 14.4 Å². The lowest BCUT2D eigenvalue weighted by atomic mass is 10.1. The first-order valence-electron chi connectivity index (χ1n) is 28.5. The van der Waals surface area contributed by atoms with E-state index in [1.54, 1.807) is 0 Å². The molecule has 396 valence electrons. The topological polar surface area (TPSA) is 78.9 Å². The molecule has 70 heavy (non-hydrogen) atoms. The summed E-state index contributed by atoms with van der Waals surface area (Å²) in [6, 6.07) is 0. The van der Waals surface area contributed by atoms with Gasteiger partial charge in [-0.3, -0.25) is 14.4 Å². The third-order valence-electron chi connectivity index (χ3n) is 11.7. The summed E-state index contributed by atoms with van der Waals surface area (Å²) in [6.45, 7) is 6.40. The van der Waals surface area contributed by atoms with Crippen molar-refractivity contribution in [2.75, 3.05) is 13.2 Å². The van der Waals surface area contributed by atoms with Crippen LogP contribution in [0.4, 0.5) is 0 Å². The minimum absolute atomic E-state index is 0.0929. The molecular formula is C64H104O6. The molecule has 0 heterocycles. The maximum absolute atomic E-state index is 12.8. The van der Waals surface area contributed by atoms with E-state index in [0.717, 1.165) is 154 Å². The van der Waals surface area contributed by atoms with Crippen LogP contribution in [0, 0.1) is 0 Å². The maximum Gasteiger partial charge on any atom is 0.306 e. The van der Waals surface area contributed by atoms with E-state index in [4.69, 9.17) is 14.2 Å². The van der Waals surface area contributed by atoms with Crippen LogP contribution in [0.15, 0.2) is 122 Å². The Labute approximate surface area is 431 Å². The molecule has 1 atom stereocenters. The molecule has 6 heteroatoms. The lowest BCUT2D eigenvalue weighted by Gasteiger charge is -2.18. The van der Waals surface area contributed by atoms with Gasteiger partial charge in [-0.2, -0.15) is 0 Å². The Balaban J connectivity index is 4.32. The zero-order chi connectivity index (χ0) is 50.7. The van der Waals surface area contributed by atoms with Crippen LogP contribution in [0.2, 0.25) is 0 Å².